The van der Waals surface area contributed by atoms with Crippen molar-refractivity contribution < 1.29 is 4.92 Å². The number of nitrogens with zero attached hydrogens (tertiary/aromatic N) is 2. The Morgan fingerprint density at radius 1 is 1.67 bits per heavy atom. The lowest BCUT2D eigenvalue weighted by Gasteiger charge is -2.05. The third-order valence-electron chi connectivity index (χ3n) is 2.10. The van der Waals surface area contributed by atoms with E-state index in [2.05, 4.69) is 20.9 Å². The van der Waals surface area contributed by atoms with Gasteiger partial charge in [0.15, 0.2) is 0 Å². The van der Waals surface area contributed by atoms with Crippen molar-refractivity contribution >= 4 is 27.4 Å². The predicted molar refractivity (Wildman–Crippen MR) is 61.6 cm³/mol. The van der Waals surface area contributed by atoms with E-state index in [1.807, 2.05) is 6.92 Å². The zero-order chi connectivity index (χ0) is 11.4. The van der Waals surface area contributed by atoms with Crippen LogP contribution >= 0.6 is 15.9 Å². The van der Waals surface area contributed by atoms with Crippen LogP contribution in [0.15, 0.2) is 10.7 Å². The van der Waals surface area contributed by atoms with Crippen molar-refractivity contribution in [2.24, 2.45) is 0 Å². The van der Waals surface area contributed by atoms with E-state index in [1.54, 1.807) is 0 Å². The number of aromatic nitrogens is 1. The number of pyridine rings is 1. The minimum absolute atomic E-state index is 0.0192. The van der Waals surface area contributed by atoms with Crippen molar-refractivity contribution in [3.63, 3.8) is 0 Å². The molecule has 2 N–H and O–H groups in total. The van der Waals surface area contributed by atoms with Crippen LogP contribution in [0.1, 0.15) is 25.3 Å². The van der Waals surface area contributed by atoms with E-state index in [4.69, 9.17) is 5.73 Å². The maximum absolute atomic E-state index is 10.8. The lowest BCUT2D eigenvalue weighted by atomic mass is 10.1. The zero-order valence-electron chi connectivity index (χ0n) is 8.36. The molecule has 0 saturated heterocycles. The largest absolute Gasteiger partial charge is 0.378 e. The van der Waals surface area contributed by atoms with E-state index in [0.717, 1.165) is 12.8 Å². The summed E-state index contributed by atoms with van der Waals surface area (Å²) in [6, 6.07) is 0. The second-order valence-corrected chi connectivity index (χ2v) is 4.03. The molecule has 0 aromatic carbocycles. The molecule has 0 aliphatic heterocycles. The van der Waals surface area contributed by atoms with Crippen molar-refractivity contribution in [2.45, 2.75) is 26.2 Å². The maximum atomic E-state index is 10.8. The van der Waals surface area contributed by atoms with Gasteiger partial charge < -0.3 is 5.73 Å². The fourth-order valence-corrected chi connectivity index (χ4v) is 1.82. The summed E-state index contributed by atoms with van der Waals surface area (Å²) < 4.78 is 0.650. The summed E-state index contributed by atoms with van der Waals surface area (Å²) in [5.74, 6) is -0.0192. The van der Waals surface area contributed by atoms with Gasteiger partial charge >= 0.3 is 5.69 Å². The highest BCUT2D eigenvalue weighted by Gasteiger charge is 2.21. The Morgan fingerprint density at radius 3 is 2.87 bits per heavy atom. The molecule has 0 aliphatic carbocycles. The van der Waals surface area contributed by atoms with Gasteiger partial charge in [-0.3, -0.25) is 10.1 Å². The van der Waals surface area contributed by atoms with E-state index in [-0.39, 0.29) is 11.5 Å². The number of rotatable bonds is 4. The summed E-state index contributed by atoms with van der Waals surface area (Å²) in [6.07, 6.45) is 4.02. The van der Waals surface area contributed by atoms with Crippen LogP contribution in [0.3, 0.4) is 0 Å². The number of halogens is 1. The second kappa shape index (κ2) is 5.06. The molecule has 0 radical (unpaired) electrons. The van der Waals surface area contributed by atoms with Gasteiger partial charge in [-0.05, 0) is 28.8 Å². The van der Waals surface area contributed by atoms with E-state index in [1.165, 1.54) is 6.20 Å². The summed E-state index contributed by atoms with van der Waals surface area (Å²) >= 11 is 3.26. The molecule has 0 bridgehead atoms. The number of hydrogen-bond donors (Lipinski definition) is 1. The Balaban J connectivity index is 3.19. The Hall–Kier alpha value is -1.17. The van der Waals surface area contributed by atoms with Crippen molar-refractivity contribution in [1.82, 2.24) is 4.98 Å². The van der Waals surface area contributed by atoms with Gasteiger partial charge in [-0.15, -0.1) is 0 Å². The molecule has 0 atom stereocenters. The monoisotopic (exact) mass is 273 g/mol. The smallest absolute Gasteiger partial charge is 0.315 e. The van der Waals surface area contributed by atoms with Crippen LogP contribution < -0.4 is 5.73 Å². The maximum Gasteiger partial charge on any atom is 0.315 e. The standard InChI is InChI=1S/C9H12BrN3O2/c1-2-3-4-6-7(10)5-12-9(11)8(6)13(14)15/h5H,2-4H2,1H3,(H2,11,12). The van der Waals surface area contributed by atoms with Gasteiger partial charge in [-0.2, -0.15) is 0 Å². The van der Waals surface area contributed by atoms with E-state index >= 15 is 0 Å². The van der Waals surface area contributed by atoms with Gasteiger partial charge in [-0.25, -0.2) is 4.98 Å². The first-order valence-electron chi connectivity index (χ1n) is 4.65. The van der Waals surface area contributed by atoms with Crippen LogP contribution in [-0.2, 0) is 6.42 Å². The summed E-state index contributed by atoms with van der Waals surface area (Å²) in [4.78, 5) is 14.1. The first-order valence-corrected chi connectivity index (χ1v) is 5.44. The molecule has 0 fully saturated rings. The van der Waals surface area contributed by atoms with E-state index in [9.17, 15) is 10.1 Å². The topological polar surface area (TPSA) is 82.0 Å². The molecule has 1 rings (SSSR count). The van der Waals surface area contributed by atoms with Crippen molar-refractivity contribution in [3.8, 4) is 0 Å². The average Bonchev–Trinajstić information content (AvgIpc) is 2.18. The van der Waals surface area contributed by atoms with Crippen LogP contribution in [0.2, 0.25) is 0 Å². The van der Waals surface area contributed by atoms with Gasteiger partial charge in [-0.1, -0.05) is 13.3 Å². The summed E-state index contributed by atoms with van der Waals surface area (Å²) in [5.41, 5.74) is 6.05. The minimum atomic E-state index is -0.474. The number of nitrogen functional groups attached to an aromatic ring is 1. The molecule has 5 nitrogen and oxygen atoms in total. The van der Waals surface area contributed by atoms with Crippen molar-refractivity contribution in [2.75, 3.05) is 5.73 Å². The molecule has 1 aromatic heterocycles. The fraction of sp³-hybridized carbons (Fsp3) is 0.444. The SMILES string of the molecule is CCCCc1c(Br)cnc(N)c1[N+](=O)[O-]. The van der Waals surface area contributed by atoms with Crippen LogP contribution in [0.25, 0.3) is 0 Å². The molecule has 0 aliphatic rings. The number of hydrogen-bond acceptors (Lipinski definition) is 4. The van der Waals surface area contributed by atoms with Crippen LogP contribution in [-0.4, -0.2) is 9.91 Å². The zero-order valence-corrected chi connectivity index (χ0v) is 9.95. The first kappa shape index (κ1) is 11.9. The second-order valence-electron chi connectivity index (χ2n) is 3.18. The van der Waals surface area contributed by atoms with Gasteiger partial charge in [0.05, 0.1) is 4.92 Å². The number of anilines is 1. The quantitative estimate of drug-likeness (QED) is 0.675. The number of nitro groups is 1. The highest BCUT2D eigenvalue weighted by molar-refractivity contribution is 9.10. The van der Waals surface area contributed by atoms with Gasteiger partial charge in [0.1, 0.15) is 0 Å². The highest BCUT2D eigenvalue weighted by atomic mass is 79.9. The molecule has 0 unspecified atom stereocenters. The molecular formula is C9H12BrN3O2. The van der Waals surface area contributed by atoms with Crippen LogP contribution in [0.4, 0.5) is 11.5 Å². The number of unbranched alkanes of at least 4 members (excludes halogenated alkanes) is 1. The molecule has 82 valence electrons. The molecule has 0 saturated carbocycles. The Labute approximate surface area is 96.0 Å². The van der Waals surface area contributed by atoms with E-state index in [0.29, 0.717) is 16.5 Å². The Morgan fingerprint density at radius 2 is 2.33 bits per heavy atom. The third-order valence-corrected chi connectivity index (χ3v) is 2.78. The summed E-state index contributed by atoms with van der Waals surface area (Å²) in [5, 5.41) is 10.8. The molecule has 15 heavy (non-hydrogen) atoms. The molecule has 6 heteroatoms. The van der Waals surface area contributed by atoms with Crippen LogP contribution in [0, 0.1) is 10.1 Å². The molecule has 1 heterocycles. The Bertz CT molecular complexity index is 382. The lowest BCUT2D eigenvalue weighted by Crippen LogP contribution is -2.03. The molecule has 0 amide bonds. The number of nitrogens with two attached hydrogens (primary N) is 1. The predicted octanol–water partition coefficient (Wildman–Crippen LogP) is 2.68. The van der Waals surface area contributed by atoms with Crippen LogP contribution in [0.5, 0.6) is 0 Å². The van der Waals surface area contributed by atoms with Gasteiger partial charge in [0.25, 0.3) is 0 Å². The van der Waals surface area contributed by atoms with Crippen molar-refractivity contribution in [1.29, 1.82) is 0 Å². The minimum Gasteiger partial charge on any atom is -0.378 e. The van der Waals surface area contributed by atoms with Gasteiger partial charge in [0.2, 0.25) is 5.82 Å². The lowest BCUT2D eigenvalue weighted by molar-refractivity contribution is -0.384. The fourth-order valence-electron chi connectivity index (χ4n) is 1.33. The molecule has 1 aromatic rings. The van der Waals surface area contributed by atoms with Crippen molar-refractivity contribution in [3.05, 3.63) is 26.3 Å². The summed E-state index contributed by atoms with van der Waals surface area (Å²) in [7, 11) is 0. The first-order chi connectivity index (χ1) is 7.07. The Kier molecular flexibility index (Phi) is 4.02. The third kappa shape index (κ3) is 2.65. The van der Waals surface area contributed by atoms with E-state index < -0.39 is 4.92 Å². The highest BCUT2D eigenvalue weighted by Crippen LogP contribution is 2.31. The molecular weight excluding hydrogens is 262 g/mol. The summed E-state index contributed by atoms with van der Waals surface area (Å²) in [6.45, 7) is 2.03. The average molecular weight is 274 g/mol. The normalized spacial score (nSPS) is 10.3. The van der Waals surface area contributed by atoms with Gasteiger partial charge in [0, 0.05) is 16.2 Å². The molecule has 0 spiro atoms.